The van der Waals surface area contributed by atoms with Crippen LogP contribution in [0.15, 0.2) is 0 Å². The number of nitrogens with one attached hydrogen (secondary N) is 2. The molecule has 1 saturated carbocycles. The Balaban J connectivity index is 1.84. The highest BCUT2D eigenvalue weighted by atomic mass is 16.7. The maximum Gasteiger partial charge on any atom is 0.318 e. The fourth-order valence-electron chi connectivity index (χ4n) is 5.54. The number of hydrogen-bond acceptors (Lipinski definition) is 6. The Morgan fingerprint density at radius 1 is 0.951 bits per heavy atom. The molecule has 3 atom stereocenters. The molecule has 2 fully saturated rings. The molecule has 1 aliphatic carbocycles. The number of amides is 3. The molecule has 2 aliphatic rings. The van der Waals surface area contributed by atoms with E-state index < -0.39 is 17.3 Å². The van der Waals surface area contributed by atoms with E-state index in [9.17, 15) is 14.4 Å². The van der Waals surface area contributed by atoms with Gasteiger partial charge >= 0.3 is 12.0 Å². The van der Waals surface area contributed by atoms with Crippen molar-refractivity contribution in [1.29, 1.82) is 0 Å². The molecule has 238 valence electrons. The summed E-state index contributed by atoms with van der Waals surface area (Å²) < 4.78 is 17.4. The summed E-state index contributed by atoms with van der Waals surface area (Å²) in [6, 6.07) is -0.307. The molecule has 1 aliphatic heterocycles. The second kappa shape index (κ2) is 16.1. The minimum absolute atomic E-state index is 0.0579. The van der Waals surface area contributed by atoms with Crippen molar-refractivity contribution >= 4 is 17.9 Å². The molecule has 0 aromatic rings. The van der Waals surface area contributed by atoms with Crippen LogP contribution in [0.25, 0.3) is 0 Å². The first-order valence-electron chi connectivity index (χ1n) is 16.0. The molecule has 0 aromatic heterocycles. The monoisotopic (exact) mass is 581 g/mol. The molecule has 0 radical (unpaired) electrons. The molecule has 1 saturated heterocycles. The largest absolute Gasteiger partial charge is 0.460 e. The van der Waals surface area contributed by atoms with E-state index in [0.29, 0.717) is 13.2 Å². The smallest absolute Gasteiger partial charge is 0.318 e. The first kappa shape index (κ1) is 35.3. The molecule has 0 bridgehead atoms. The van der Waals surface area contributed by atoms with Gasteiger partial charge in [-0.25, -0.2) is 4.79 Å². The van der Waals surface area contributed by atoms with Crippen LogP contribution in [0.4, 0.5) is 4.79 Å². The number of carbonyl (C=O) groups is 3. The Kier molecular flexibility index (Phi) is 13.9. The molecule has 0 unspecified atom stereocenters. The van der Waals surface area contributed by atoms with Gasteiger partial charge in [0.2, 0.25) is 5.91 Å². The maximum absolute atomic E-state index is 13.4. The second-order valence-electron chi connectivity index (χ2n) is 14.0. The van der Waals surface area contributed by atoms with Gasteiger partial charge in [0, 0.05) is 24.0 Å². The van der Waals surface area contributed by atoms with Crippen molar-refractivity contribution < 1.29 is 28.6 Å². The molecule has 9 heteroatoms. The number of urea groups is 1. The second-order valence-corrected chi connectivity index (χ2v) is 14.0. The molecule has 2 N–H and O–H groups in total. The van der Waals surface area contributed by atoms with Crippen LogP contribution in [0.5, 0.6) is 0 Å². The normalized spacial score (nSPS) is 23.9. The lowest BCUT2D eigenvalue weighted by Crippen LogP contribution is -2.56. The number of esters is 1. The minimum Gasteiger partial charge on any atom is -0.460 e. The van der Waals surface area contributed by atoms with E-state index >= 15 is 0 Å². The van der Waals surface area contributed by atoms with Crippen LogP contribution in [0.2, 0.25) is 0 Å². The van der Waals surface area contributed by atoms with Gasteiger partial charge in [-0.2, -0.15) is 0 Å². The Bertz CT molecular complexity index is 838. The highest BCUT2D eigenvalue weighted by Gasteiger charge is 2.45. The zero-order chi connectivity index (χ0) is 30.7. The zero-order valence-electron chi connectivity index (χ0n) is 27.2. The molecule has 2 rings (SSSR count). The Morgan fingerprint density at radius 3 is 2.24 bits per heavy atom. The topological polar surface area (TPSA) is 106 Å². The van der Waals surface area contributed by atoms with E-state index in [1.54, 1.807) is 13.8 Å². The van der Waals surface area contributed by atoms with Crippen molar-refractivity contribution in [3.63, 3.8) is 0 Å². The standard InChI is InChI=1S/C32H59N3O6/c1-9-10-11-12-13-14-17-22-35(30(2,3)4)29(38)34-24-18-15-16-19-25(24)40-26(36)20-21-33-28(37)27-31(5,6)23-39-32(7,8)41-27/h24-25,27H,9-23H2,1-8H3,(H,33,37)(H,34,38)/t24-,25-,27-/m0/s1. The summed E-state index contributed by atoms with van der Waals surface area (Å²) in [6.07, 6.45) is 10.9. The molecular formula is C32H59N3O6. The lowest BCUT2D eigenvalue weighted by Gasteiger charge is -2.44. The number of carbonyl (C=O) groups excluding carboxylic acids is 3. The van der Waals surface area contributed by atoms with Gasteiger partial charge in [-0.05, 0) is 60.3 Å². The minimum atomic E-state index is -0.840. The van der Waals surface area contributed by atoms with Gasteiger partial charge in [0.25, 0.3) is 0 Å². The number of hydrogen-bond donors (Lipinski definition) is 2. The molecule has 1 heterocycles. The van der Waals surface area contributed by atoms with E-state index in [1.807, 2.05) is 18.7 Å². The number of rotatable bonds is 14. The van der Waals surface area contributed by atoms with Gasteiger partial charge in [-0.15, -0.1) is 0 Å². The highest BCUT2D eigenvalue weighted by molar-refractivity contribution is 5.82. The van der Waals surface area contributed by atoms with Crippen LogP contribution in [0, 0.1) is 5.41 Å². The van der Waals surface area contributed by atoms with Gasteiger partial charge in [0.1, 0.15) is 12.2 Å². The molecule has 0 spiro atoms. The van der Waals surface area contributed by atoms with Crippen LogP contribution in [0.3, 0.4) is 0 Å². The predicted molar refractivity (Wildman–Crippen MR) is 161 cm³/mol. The first-order valence-corrected chi connectivity index (χ1v) is 16.0. The zero-order valence-corrected chi connectivity index (χ0v) is 27.2. The van der Waals surface area contributed by atoms with Crippen molar-refractivity contribution in [3.8, 4) is 0 Å². The number of unbranched alkanes of at least 4 members (excludes halogenated alkanes) is 6. The van der Waals surface area contributed by atoms with Crippen LogP contribution in [-0.2, 0) is 23.8 Å². The number of ether oxygens (including phenoxy) is 3. The Labute approximate surface area is 249 Å². The third kappa shape index (κ3) is 12.1. The van der Waals surface area contributed by atoms with E-state index in [0.717, 1.165) is 38.5 Å². The SMILES string of the molecule is CCCCCCCCCN(C(=O)N[C@H]1CCCC[C@@H]1OC(=O)CCNC(=O)[C@@H]1OC(C)(C)OCC1(C)C)C(C)(C)C. The third-order valence-corrected chi connectivity index (χ3v) is 8.10. The molecule has 41 heavy (non-hydrogen) atoms. The van der Waals surface area contributed by atoms with Crippen molar-refractivity contribution in [1.82, 2.24) is 15.5 Å². The average molecular weight is 582 g/mol. The predicted octanol–water partition coefficient (Wildman–Crippen LogP) is 6.09. The highest BCUT2D eigenvalue weighted by Crippen LogP contribution is 2.35. The third-order valence-electron chi connectivity index (χ3n) is 8.10. The lowest BCUT2D eigenvalue weighted by molar-refractivity contribution is -0.304. The summed E-state index contributed by atoms with van der Waals surface area (Å²) in [5.74, 6) is -1.47. The van der Waals surface area contributed by atoms with Crippen molar-refractivity contribution in [3.05, 3.63) is 0 Å². The Hall–Kier alpha value is -1.87. The van der Waals surface area contributed by atoms with E-state index in [1.165, 1.54) is 32.1 Å². The summed E-state index contributed by atoms with van der Waals surface area (Å²) in [5, 5.41) is 6.03. The van der Waals surface area contributed by atoms with Crippen LogP contribution < -0.4 is 10.6 Å². The summed E-state index contributed by atoms with van der Waals surface area (Å²) >= 11 is 0. The van der Waals surface area contributed by atoms with E-state index in [2.05, 4.69) is 38.3 Å². The Morgan fingerprint density at radius 2 is 1.59 bits per heavy atom. The van der Waals surface area contributed by atoms with Gasteiger partial charge in [0.05, 0.1) is 19.1 Å². The summed E-state index contributed by atoms with van der Waals surface area (Å²) in [7, 11) is 0. The van der Waals surface area contributed by atoms with Crippen molar-refractivity contribution in [2.45, 2.75) is 162 Å². The maximum atomic E-state index is 13.4. The summed E-state index contributed by atoms with van der Waals surface area (Å²) in [5.41, 5.74) is -0.785. The molecule has 3 amide bonds. The van der Waals surface area contributed by atoms with Crippen LogP contribution >= 0.6 is 0 Å². The molecule has 0 aromatic carbocycles. The summed E-state index contributed by atoms with van der Waals surface area (Å²) in [4.78, 5) is 40.9. The lowest BCUT2D eigenvalue weighted by atomic mass is 9.85. The van der Waals surface area contributed by atoms with Gasteiger partial charge in [0.15, 0.2) is 5.79 Å². The summed E-state index contributed by atoms with van der Waals surface area (Å²) in [6.45, 7) is 17.1. The molecular weight excluding hydrogens is 522 g/mol. The quantitative estimate of drug-likeness (QED) is 0.190. The van der Waals surface area contributed by atoms with Gasteiger partial charge < -0.3 is 29.7 Å². The fraction of sp³-hybridized carbons (Fsp3) is 0.906. The molecule has 9 nitrogen and oxygen atoms in total. The van der Waals surface area contributed by atoms with E-state index in [-0.39, 0.29) is 48.6 Å². The van der Waals surface area contributed by atoms with Gasteiger partial charge in [-0.1, -0.05) is 65.7 Å². The number of nitrogens with zero attached hydrogens (tertiary/aromatic N) is 1. The van der Waals surface area contributed by atoms with E-state index in [4.69, 9.17) is 14.2 Å². The van der Waals surface area contributed by atoms with Crippen molar-refractivity contribution in [2.75, 3.05) is 19.7 Å². The fourth-order valence-corrected chi connectivity index (χ4v) is 5.54. The van der Waals surface area contributed by atoms with Crippen LogP contribution in [-0.4, -0.2) is 72.1 Å². The van der Waals surface area contributed by atoms with Crippen LogP contribution in [0.1, 0.15) is 132 Å². The average Bonchev–Trinajstić information content (AvgIpc) is 2.87. The van der Waals surface area contributed by atoms with Gasteiger partial charge in [-0.3, -0.25) is 9.59 Å². The first-order chi connectivity index (χ1) is 19.2. The van der Waals surface area contributed by atoms with Crippen molar-refractivity contribution in [2.24, 2.45) is 5.41 Å².